The van der Waals surface area contributed by atoms with Crippen LogP contribution in [0.15, 0.2) is 48.6 Å². The average molecular weight is 955 g/mol. The molecule has 1 amide bonds. The summed E-state index contributed by atoms with van der Waals surface area (Å²) < 4.78 is 5.95. The lowest BCUT2D eigenvalue weighted by Gasteiger charge is -2.24. The number of amides is 1. The molecule has 6 nitrogen and oxygen atoms in total. The number of aliphatic hydroxyl groups is 2. The number of hydrogen-bond donors (Lipinski definition) is 3. The number of carbonyl (C=O) groups is 2. The van der Waals surface area contributed by atoms with Crippen molar-refractivity contribution in [2.75, 3.05) is 6.61 Å². The number of hydrogen-bond acceptors (Lipinski definition) is 5. The van der Waals surface area contributed by atoms with E-state index in [0.717, 1.165) is 70.6 Å². The summed E-state index contributed by atoms with van der Waals surface area (Å²) in [5.41, 5.74) is 0. The molecule has 3 N–H and O–H groups in total. The van der Waals surface area contributed by atoms with Crippen LogP contribution >= 0.6 is 0 Å². The quantitative estimate of drug-likeness (QED) is 0.0321. The Labute approximate surface area is 423 Å². The van der Waals surface area contributed by atoms with Gasteiger partial charge in [-0.1, -0.05) is 275 Å². The number of aliphatic hydroxyl groups excluding tert-OH is 2. The highest BCUT2D eigenvalue weighted by Crippen LogP contribution is 2.19. The van der Waals surface area contributed by atoms with Gasteiger partial charge in [0, 0.05) is 6.42 Å². The molecule has 68 heavy (non-hydrogen) atoms. The number of ether oxygens (including phenoxy) is 1. The van der Waals surface area contributed by atoms with Gasteiger partial charge in [-0.3, -0.25) is 9.59 Å². The zero-order chi connectivity index (χ0) is 49.5. The maximum atomic E-state index is 13.3. The normalized spacial score (nSPS) is 13.4. The van der Waals surface area contributed by atoms with Crippen molar-refractivity contribution in [3.05, 3.63) is 48.6 Å². The Morgan fingerprint density at radius 3 is 1.15 bits per heavy atom. The summed E-state index contributed by atoms with van der Waals surface area (Å²) in [5.74, 6) is -0.496. The van der Waals surface area contributed by atoms with Crippen molar-refractivity contribution in [3.8, 4) is 0 Å². The molecule has 0 bridgehead atoms. The zero-order valence-corrected chi connectivity index (χ0v) is 45.5. The highest BCUT2D eigenvalue weighted by Gasteiger charge is 2.24. The molecule has 0 aromatic rings. The van der Waals surface area contributed by atoms with Gasteiger partial charge in [0.1, 0.15) is 6.10 Å². The van der Waals surface area contributed by atoms with Crippen molar-refractivity contribution in [2.45, 2.75) is 328 Å². The summed E-state index contributed by atoms with van der Waals surface area (Å²) in [7, 11) is 0. The summed E-state index contributed by atoms with van der Waals surface area (Å²) >= 11 is 0. The molecule has 0 saturated carbocycles. The van der Waals surface area contributed by atoms with Gasteiger partial charge >= 0.3 is 5.97 Å². The van der Waals surface area contributed by atoms with Crippen LogP contribution in [0, 0.1) is 0 Å². The van der Waals surface area contributed by atoms with Crippen molar-refractivity contribution < 1.29 is 24.5 Å². The van der Waals surface area contributed by atoms with Gasteiger partial charge < -0.3 is 20.3 Å². The molecule has 3 unspecified atom stereocenters. The van der Waals surface area contributed by atoms with Gasteiger partial charge in [0.05, 0.1) is 25.2 Å². The lowest BCUT2D eigenvalue weighted by molar-refractivity contribution is -0.151. The molecule has 0 heterocycles. The Bertz CT molecular complexity index is 1160. The summed E-state index contributed by atoms with van der Waals surface area (Å²) in [5, 5.41) is 23.9. The summed E-state index contributed by atoms with van der Waals surface area (Å²) in [6, 6.07) is -0.708. The number of rotatable bonds is 54. The van der Waals surface area contributed by atoms with Crippen LogP contribution in [0.4, 0.5) is 0 Å². The van der Waals surface area contributed by atoms with E-state index in [1.165, 1.54) is 193 Å². The Morgan fingerprint density at radius 1 is 0.426 bits per heavy atom. The number of carbonyl (C=O) groups excluding carboxylic acids is 2. The van der Waals surface area contributed by atoms with Gasteiger partial charge in [-0.2, -0.15) is 0 Å². The SMILES string of the molecule is CCCCC/C=C\C/C=C\C/C=C\C/C=C\CCCCCC(=O)OC(CCCCCCCCCCCCCCC)CC(=O)NC(CO)C(O)CCCCCCCCCCCCCCCCCCC. The van der Waals surface area contributed by atoms with Crippen molar-refractivity contribution >= 4 is 11.9 Å². The molecule has 0 aromatic heterocycles. The van der Waals surface area contributed by atoms with Crippen LogP contribution in [0.3, 0.4) is 0 Å². The second-order valence-corrected chi connectivity index (χ2v) is 20.4. The van der Waals surface area contributed by atoms with Crippen LogP contribution in [-0.4, -0.2) is 46.9 Å². The third kappa shape index (κ3) is 50.2. The Balaban J connectivity index is 4.54. The zero-order valence-electron chi connectivity index (χ0n) is 45.5. The predicted octanol–water partition coefficient (Wildman–Crippen LogP) is 18.6. The van der Waals surface area contributed by atoms with Crippen molar-refractivity contribution in [1.29, 1.82) is 0 Å². The maximum absolute atomic E-state index is 13.3. The van der Waals surface area contributed by atoms with E-state index in [0.29, 0.717) is 19.3 Å². The molecule has 0 rings (SSSR count). The fourth-order valence-electron chi connectivity index (χ4n) is 9.12. The molecule has 398 valence electrons. The van der Waals surface area contributed by atoms with Crippen LogP contribution in [0.2, 0.25) is 0 Å². The molecule has 0 radical (unpaired) electrons. The van der Waals surface area contributed by atoms with E-state index >= 15 is 0 Å². The van der Waals surface area contributed by atoms with Gasteiger partial charge in [0.15, 0.2) is 0 Å². The summed E-state index contributed by atoms with van der Waals surface area (Å²) in [6.07, 6.45) is 68.9. The number of esters is 1. The summed E-state index contributed by atoms with van der Waals surface area (Å²) in [6.45, 7) is 6.49. The number of allylic oxidation sites excluding steroid dienone is 8. The molecule has 3 atom stereocenters. The highest BCUT2D eigenvalue weighted by molar-refractivity contribution is 5.77. The van der Waals surface area contributed by atoms with Crippen LogP contribution in [0.5, 0.6) is 0 Å². The minimum absolute atomic E-state index is 0.0679. The van der Waals surface area contributed by atoms with Gasteiger partial charge in [-0.25, -0.2) is 0 Å². The average Bonchev–Trinajstić information content (AvgIpc) is 3.33. The first-order chi connectivity index (χ1) is 33.5. The minimum atomic E-state index is -0.793. The first kappa shape index (κ1) is 65.8. The Kier molecular flexibility index (Phi) is 54.0. The molecule has 0 spiro atoms. The molecular weight excluding hydrogens is 839 g/mol. The van der Waals surface area contributed by atoms with E-state index in [-0.39, 0.29) is 24.9 Å². The third-order valence-electron chi connectivity index (χ3n) is 13.7. The summed E-state index contributed by atoms with van der Waals surface area (Å²) in [4.78, 5) is 26.3. The molecule has 0 saturated heterocycles. The fraction of sp³-hybridized carbons (Fsp3) is 0.839. The second kappa shape index (κ2) is 55.7. The Morgan fingerprint density at radius 2 is 0.750 bits per heavy atom. The highest BCUT2D eigenvalue weighted by atomic mass is 16.5. The first-order valence-corrected chi connectivity index (χ1v) is 29.9. The molecule has 0 aliphatic rings. The maximum Gasteiger partial charge on any atom is 0.306 e. The predicted molar refractivity (Wildman–Crippen MR) is 296 cm³/mol. The standard InChI is InChI=1S/C62H115NO5/c1-4-7-10-13-16-19-22-25-27-29-30-32-34-37-40-43-46-49-52-55-62(67)68-58(53-50-47-44-41-38-35-24-21-18-15-12-9-6-3)56-61(66)63-59(57-64)60(65)54-51-48-45-42-39-36-33-31-28-26-23-20-17-14-11-8-5-2/h16,19,25,27,30,32,37,40,58-60,64-65H,4-15,17-18,20-24,26,28-29,31,33-36,38-39,41-57H2,1-3H3,(H,63,66)/b19-16-,27-25-,32-30-,40-37-. The fourth-order valence-corrected chi connectivity index (χ4v) is 9.12. The van der Waals surface area contributed by atoms with E-state index in [1.54, 1.807) is 0 Å². The first-order valence-electron chi connectivity index (χ1n) is 29.9. The van der Waals surface area contributed by atoms with Gasteiger partial charge in [0.2, 0.25) is 5.91 Å². The largest absolute Gasteiger partial charge is 0.462 e. The van der Waals surface area contributed by atoms with Crippen LogP contribution in [-0.2, 0) is 14.3 Å². The van der Waals surface area contributed by atoms with Crippen LogP contribution in [0.1, 0.15) is 310 Å². The molecule has 0 fully saturated rings. The molecule has 0 aromatic carbocycles. The Hall–Kier alpha value is -2.18. The van der Waals surface area contributed by atoms with E-state index in [4.69, 9.17) is 4.74 Å². The van der Waals surface area contributed by atoms with Crippen LogP contribution in [0.25, 0.3) is 0 Å². The van der Waals surface area contributed by atoms with Crippen molar-refractivity contribution in [2.24, 2.45) is 0 Å². The van der Waals surface area contributed by atoms with Gasteiger partial charge in [-0.05, 0) is 70.6 Å². The monoisotopic (exact) mass is 954 g/mol. The lowest BCUT2D eigenvalue weighted by atomic mass is 10.0. The van der Waals surface area contributed by atoms with Gasteiger partial charge in [-0.15, -0.1) is 0 Å². The molecule has 0 aliphatic carbocycles. The molecule has 0 aliphatic heterocycles. The smallest absolute Gasteiger partial charge is 0.306 e. The van der Waals surface area contributed by atoms with Crippen molar-refractivity contribution in [1.82, 2.24) is 5.32 Å². The van der Waals surface area contributed by atoms with E-state index in [1.807, 2.05) is 0 Å². The lowest BCUT2D eigenvalue weighted by Crippen LogP contribution is -2.46. The molecular formula is C62H115NO5. The van der Waals surface area contributed by atoms with Crippen LogP contribution < -0.4 is 5.32 Å². The number of nitrogens with one attached hydrogen (secondary N) is 1. The third-order valence-corrected chi connectivity index (χ3v) is 13.7. The molecule has 6 heteroatoms. The second-order valence-electron chi connectivity index (χ2n) is 20.4. The van der Waals surface area contributed by atoms with E-state index in [2.05, 4.69) is 74.7 Å². The van der Waals surface area contributed by atoms with E-state index in [9.17, 15) is 19.8 Å². The minimum Gasteiger partial charge on any atom is -0.462 e. The number of unbranched alkanes of at least 4 members (excludes halogenated alkanes) is 34. The van der Waals surface area contributed by atoms with Crippen molar-refractivity contribution in [3.63, 3.8) is 0 Å². The topological polar surface area (TPSA) is 95.9 Å². The van der Waals surface area contributed by atoms with E-state index < -0.39 is 18.2 Å². The van der Waals surface area contributed by atoms with Gasteiger partial charge in [0.25, 0.3) is 0 Å².